The molecule has 0 spiro atoms. The zero-order valence-electron chi connectivity index (χ0n) is 11.5. The molecule has 100 valence electrons. The lowest BCUT2D eigenvalue weighted by Gasteiger charge is -2.16. The van der Waals surface area contributed by atoms with Crippen LogP contribution in [-0.2, 0) is 19.4 Å². The van der Waals surface area contributed by atoms with E-state index in [-0.39, 0.29) is 0 Å². The minimum Gasteiger partial charge on any atom is -0.324 e. The van der Waals surface area contributed by atoms with Gasteiger partial charge in [0.2, 0.25) is 0 Å². The number of nitrogens with zero attached hydrogens (tertiary/aromatic N) is 3. The molecule has 0 saturated heterocycles. The van der Waals surface area contributed by atoms with Crippen LogP contribution in [-0.4, -0.2) is 14.8 Å². The second-order valence-electron chi connectivity index (χ2n) is 5.52. The fourth-order valence-electron chi connectivity index (χ4n) is 3.06. The molecule has 1 aromatic carbocycles. The molecule has 19 heavy (non-hydrogen) atoms. The molecular formula is C15H20N4. The van der Waals surface area contributed by atoms with Crippen LogP contribution in [0.2, 0.25) is 0 Å². The first-order valence-corrected chi connectivity index (χ1v) is 6.91. The first kappa shape index (κ1) is 12.4. The normalized spacial score (nSPS) is 15.2. The maximum absolute atomic E-state index is 5.76. The van der Waals surface area contributed by atoms with Crippen LogP contribution in [0.25, 0.3) is 0 Å². The molecule has 0 radical (unpaired) electrons. The lowest BCUT2D eigenvalue weighted by Crippen LogP contribution is -2.16. The van der Waals surface area contributed by atoms with E-state index in [4.69, 9.17) is 5.73 Å². The van der Waals surface area contributed by atoms with Crippen LogP contribution in [0, 0.1) is 0 Å². The van der Waals surface area contributed by atoms with E-state index >= 15 is 0 Å². The second-order valence-corrected chi connectivity index (χ2v) is 5.52. The number of hydrogen-bond donors (Lipinski definition) is 1. The monoisotopic (exact) mass is 256 g/mol. The van der Waals surface area contributed by atoms with E-state index in [0.29, 0.717) is 18.5 Å². The highest BCUT2D eigenvalue weighted by molar-refractivity contribution is 5.35. The van der Waals surface area contributed by atoms with Crippen molar-refractivity contribution < 1.29 is 0 Å². The smallest absolute Gasteiger partial charge is 0.147 e. The zero-order valence-corrected chi connectivity index (χ0v) is 11.5. The van der Waals surface area contributed by atoms with Crippen molar-refractivity contribution in [3.05, 3.63) is 47.0 Å². The molecule has 1 aromatic heterocycles. The molecule has 3 rings (SSSR count). The summed E-state index contributed by atoms with van der Waals surface area (Å²) in [6, 6.07) is 9.01. The van der Waals surface area contributed by atoms with Crippen LogP contribution >= 0.6 is 0 Å². The standard InChI is InChI=1S/C15H20N4/c1-10(2)19-14(9-16)17-18-15(19)13-7-11-5-3-4-6-12(11)8-13/h3-6,10,13H,7-9,16H2,1-2H3. The highest BCUT2D eigenvalue weighted by Crippen LogP contribution is 2.34. The average Bonchev–Trinajstić information content (AvgIpc) is 3.01. The quantitative estimate of drug-likeness (QED) is 0.916. The van der Waals surface area contributed by atoms with Crippen molar-refractivity contribution in [1.29, 1.82) is 0 Å². The zero-order chi connectivity index (χ0) is 13.4. The van der Waals surface area contributed by atoms with Crippen LogP contribution in [0.15, 0.2) is 24.3 Å². The predicted molar refractivity (Wildman–Crippen MR) is 74.9 cm³/mol. The number of fused-ring (bicyclic) bond motifs is 1. The van der Waals surface area contributed by atoms with Crippen molar-refractivity contribution in [2.24, 2.45) is 5.73 Å². The van der Waals surface area contributed by atoms with E-state index in [1.165, 1.54) is 11.1 Å². The van der Waals surface area contributed by atoms with Gasteiger partial charge in [-0.25, -0.2) is 0 Å². The van der Waals surface area contributed by atoms with E-state index < -0.39 is 0 Å². The Morgan fingerprint density at radius 1 is 1.21 bits per heavy atom. The molecule has 4 nitrogen and oxygen atoms in total. The highest BCUT2D eigenvalue weighted by Gasteiger charge is 2.28. The van der Waals surface area contributed by atoms with Gasteiger partial charge in [0, 0.05) is 12.0 Å². The van der Waals surface area contributed by atoms with Gasteiger partial charge in [0.15, 0.2) is 0 Å². The molecule has 2 N–H and O–H groups in total. The summed E-state index contributed by atoms with van der Waals surface area (Å²) in [6.07, 6.45) is 2.12. The first-order chi connectivity index (χ1) is 9.20. The van der Waals surface area contributed by atoms with Crippen molar-refractivity contribution in [3.63, 3.8) is 0 Å². The van der Waals surface area contributed by atoms with Crippen molar-refractivity contribution in [2.75, 3.05) is 0 Å². The fourth-order valence-corrected chi connectivity index (χ4v) is 3.06. The maximum Gasteiger partial charge on any atom is 0.147 e. The van der Waals surface area contributed by atoms with Crippen LogP contribution in [0.5, 0.6) is 0 Å². The molecule has 0 bridgehead atoms. The van der Waals surface area contributed by atoms with E-state index in [2.05, 4.69) is 52.9 Å². The minimum atomic E-state index is 0.354. The molecule has 0 aliphatic heterocycles. The molecule has 1 aliphatic rings. The fraction of sp³-hybridized carbons (Fsp3) is 0.467. The molecular weight excluding hydrogens is 236 g/mol. The maximum atomic E-state index is 5.76. The average molecular weight is 256 g/mol. The first-order valence-electron chi connectivity index (χ1n) is 6.91. The predicted octanol–water partition coefficient (Wildman–Crippen LogP) is 2.20. The Bertz CT molecular complexity index is 561. The van der Waals surface area contributed by atoms with Crippen molar-refractivity contribution >= 4 is 0 Å². The van der Waals surface area contributed by atoms with Crippen molar-refractivity contribution in [2.45, 2.75) is 45.2 Å². The number of aromatic nitrogens is 3. The summed E-state index contributed by atoms with van der Waals surface area (Å²) in [5.41, 5.74) is 8.65. The Labute approximate surface area is 113 Å². The number of benzene rings is 1. The van der Waals surface area contributed by atoms with E-state index in [0.717, 1.165) is 24.5 Å². The third-order valence-corrected chi connectivity index (χ3v) is 3.91. The summed E-state index contributed by atoms with van der Waals surface area (Å²) in [4.78, 5) is 0. The molecule has 0 atom stereocenters. The SMILES string of the molecule is CC(C)n1c(CN)nnc1C1Cc2ccccc2C1. The molecule has 2 aromatic rings. The minimum absolute atomic E-state index is 0.354. The van der Waals surface area contributed by atoms with Gasteiger partial charge >= 0.3 is 0 Å². The Morgan fingerprint density at radius 3 is 2.37 bits per heavy atom. The lowest BCUT2D eigenvalue weighted by molar-refractivity contribution is 0.514. The number of hydrogen-bond acceptors (Lipinski definition) is 3. The van der Waals surface area contributed by atoms with Gasteiger partial charge in [0.05, 0.1) is 6.54 Å². The van der Waals surface area contributed by atoms with Gasteiger partial charge in [0.1, 0.15) is 11.6 Å². The van der Waals surface area contributed by atoms with Gasteiger partial charge in [-0.15, -0.1) is 10.2 Å². The second kappa shape index (κ2) is 4.78. The Kier molecular flexibility index (Phi) is 3.11. The van der Waals surface area contributed by atoms with E-state index in [9.17, 15) is 0 Å². The summed E-state index contributed by atoms with van der Waals surface area (Å²) < 4.78 is 2.20. The largest absolute Gasteiger partial charge is 0.324 e. The highest BCUT2D eigenvalue weighted by atomic mass is 15.3. The van der Waals surface area contributed by atoms with Gasteiger partial charge < -0.3 is 10.3 Å². The number of rotatable bonds is 3. The summed E-state index contributed by atoms with van der Waals surface area (Å²) >= 11 is 0. The van der Waals surface area contributed by atoms with Crippen molar-refractivity contribution in [3.8, 4) is 0 Å². The van der Waals surface area contributed by atoms with Gasteiger partial charge in [-0.1, -0.05) is 24.3 Å². The molecule has 1 aliphatic carbocycles. The lowest BCUT2D eigenvalue weighted by atomic mass is 10.1. The van der Waals surface area contributed by atoms with Crippen molar-refractivity contribution in [1.82, 2.24) is 14.8 Å². The third kappa shape index (κ3) is 2.06. The van der Waals surface area contributed by atoms with Crippen LogP contribution < -0.4 is 5.73 Å². The van der Waals surface area contributed by atoms with Gasteiger partial charge in [-0.2, -0.15) is 0 Å². The Hall–Kier alpha value is -1.68. The Balaban J connectivity index is 1.95. The summed E-state index contributed by atoms with van der Waals surface area (Å²) in [7, 11) is 0. The molecule has 0 unspecified atom stereocenters. The van der Waals surface area contributed by atoms with E-state index in [1.54, 1.807) is 0 Å². The van der Waals surface area contributed by atoms with Crippen LogP contribution in [0.3, 0.4) is 0 Å². The van der Waals surface area contributed by atoms with Gasteiger partial charge in [0.25, 0.3) is 0 Å². The van der Waals surface area contributed by atoms with Gasteiger partial charge in [-0.3, -0.25) is 0 Å². The number of nitrogens with two attached hydrogens (primary N) is 1. The Morgan fingerprint density at radius 2 is 1.84 bits per heavy atom. The molecule has 4 heteroatoms. The summed E-state index contributed by atoms with van der Waals surface area (Å²) in [5, 5.41) is 8.66. The topological polar surface area (TPSA) is 56.7 Å². The summed E-state index contributed by atoms with van der Waals surface area (Å²) in [6.45, 7) is 4.77. The molecule has 0 saturated carbocycles. The third-order valence-electron chi connectivity index (χ3n) is 3.91. The summed E-state index contributed by atoms with van der Waals surface area (Å²) in [5.74, 6) is 2.42. The molecule has 1 heterocycles. The van der Waals surface area contributed by atoms with Crippen LogP contribution in [0.4, 0.5) is 0 Å². The van der Waals surface area contributed by atoms with E-state index in [1.807, 2.05) is 0 Å². The van der Waals surface area contributed by atoms with Gasteiger partial charge in [-0.05, 0) is 37.8 Å². The molecule has 0 fully saturated rings. The molecule has 0 amide bonds. The van der Waals surface area contributed by atoms with Crippen LogP contribution in [0.1, 0.15) is 48.6 Å².